The van der Waals surface area contributed by atoms with Crippen LogP contribution in [0.4, 0.5) is 5.69 Å². The Morgan fingerprint density at radius 1 is 0.905 bits per heavy atom. The van der Waals surface area contributed by atoms with E-state index in [1.807, 2.05) is 24.3 Å². The predicted molar refractivity (Wildman–Crippen MR) is 87.7 cm³/mol. The van der Waals surface area contributed by atoms with Gasteiger partial charge >= 0.3 is 0 Å². The van der Waals surface area contributed by atoms with Gasteiger partial charge in [-0.3, -0.25) is 4.79 Å². The topological polar surface area (TPSA) is 29.1 Å². The Balaban J connectivity index is 1.72. The normalized spacial score (nSPS) is 10.5. The molecule has 3 aromatic carbocycles. The van der Waals surface area contributed by atoms with Gasteiger partial charge in [0.05, 0.1) is 6.42 Å². The third-order valence-corrected chi connectivity index (χ3v) is 3.56. The quantitative estimate of drug-likeness (QED) is 0.747. The highest BCUT2D eigenvalue weighted by molar-refractivity contribution is 6.30. The van der Waals surface area contributed by atoms with E-state index in [1.165, 1.54) is 5.39 Å². The molecule has 3 rings (SSSR count). The van der Waals surface area contributed by atoms with Gasteiger partial charge in [0.2, 0.25) is 5.91 Å². The highest BCUT2D eigenvalue weighted by Crippen LogP contribution is 2.17. The average molecular weight is 296 g/mol. The molecule has 0 bridgehead atoms. The molecule has 0 aliphatic carbocycles. The van der Waals surface area contributed by atoms with Gasteiger partial charge in [0.25, 0.3) is 0 Å². The second-order valence-corrected chi connectivity index (χ2v) is 5.35. The molecule has 3 heteroatoms. The molecule has 1 N–H and O–H groups in total. The van der Waals surface area contributed by atoms with Crippen LogP contribution in [-0.4, -0.2) is 5.91 Å². The number of halogens is 1. The van der Waals surface area contributed by atoms with Crippen LogP contribution in [0.25, 0.3) is 10.8 Å². The molecule has 0 aliphatic heterocycles. The maximum Gasteiger partial charge on any atom is 0.228 e. The Morgan fingerprint density at radius 3 is 2.38 bits per heavy atom. The number of hydrogen-bond acceptors (Lipinski definition) is 1. The zero-order valence-electron chi connectivity index (χ0n) is 11.3. The number of carbonyl (C=O) groups is 1. The summed E-state index contributed by atoms with van der Waals surface area (Å²) in [6.07, 6.45) is 0.355. The zero-order valence-corrected chi connectivity index (χ0v) is 12.1. The number of hydrogen-bond donors (Lipinski definition) is 1. The van der Waals surface area contributed by atoms with Gasteiger partial charge in [-0.25, -0.2) is 0 Å². The summed E-state index contributed by atoms with van der Waals surface area (Å²) in [6.45, 7) is 0. The summed E-state index contributed by atoms with van der Waals surface area (Å²) in [5.74, 6) is -0.0346. The monoisotopic (exact) mass is 295 g/mol. The van der Waals surface area contributed by atoms with E-state index in [-0.39, 0.29) is 5.91 Å². The van der Waals surface area contributed by atoms with Gasteiger partial charge in [0.15, 0.2) is 0 Å². The van der Waals surface area contributed by atoms with Crippen molar-refractivity contribution in [2.24, 2.45) is 0 Å². The molecule has 0 radical (unpaired) electrons. The summed E-state index contributed by atoms with van der Waals surface area (Å²) in [6, 6.07) is 21.3. The first kappa shape index (κ1) is 13.7. The second-order valence-electron chi connectivity index (χ2n) is 4.91. The summed E-state index contributed by atoms with van der Waals surface area (Å²) in [5.41, 5.74) is 1.75. The van der Waals surface area contributed by atoms with Crippen molar-refractivity contribution in [1.82, 2.24) is 0 Å². The lowest BCUT2D eigenvalue weighted by Crippen LogP contribution is -2.14. The molecular formula is C18H14ClNO. The molecule has 0 spiro atoms. The van der Waals surface area contributed by atoms with E-state index < -0.39 is 0 Å². The summed E-state index contributed by atoms with van der Waals surface area (Å²) in [7, 11) is 0. The maximum atomic E-state index is 12.1. The third-order valence-electron chi connectivity index (χ3n) is 3.31. The number of anilines is 1. The van der Waals surface area contributed by atoms with Crippen LogP contribution in [0.3, 0.4) is 0 Å². The van der Waals surface area contributed by atoms with Crippen LogP contribution in [0.1, 0.15) is 5.56 Å². The van der Waals surface area contributed by atoms with E-state index >= 15 is 0 Å². The van der Waals surface area contributed by atoms with E-state index in [0.717, 1.165) is 16.6 Å². The molecule has 0 atom stereocenters. The Labute approximate surface area is 128 Å². The number of nitrogens with one attached hydrogen (secondary N) is 1. The smallest absolute Gasteiger partial charge is 0.228 e. The van der Waals surface area contributed by atoms with Crippen LogP contribution in [-0.2, 0) is 11.2 Å². The van der Waals surface area contributed by atoms with Crippen LogP contribution in [0, 0.1) is 0 Å². The molecule has 3 aromatic rings. The van der Waals surface area contributed by atoms with Gasteiger partial charge < -0.3 is 5.32 Å². The maximum absolute atomic E-state index is 12.1. The van der Waals surface area contributed by atoms with Gasteiger partial charge in [-0.15, -0.1) is 0 Å². The second kappa shape index (κ2) is 5.98. The summed E-state index contributed by atoms with van der Waals surface area (Å²) >= 11 is 5.82. The molecule has 2 nitrogen and oxygen atoms in total. The molecule has 0 saturated heterocycles. The minimum atomic E-state index is -0.0346. The Hall–Kier alpha value is -2.32. The number of amides is 1. The predicted octanol–water partition coefficient (Wildman–Crippen LogP) is 4.67. The molecule has 0 aromatic heterocycles. The lowest BCUT2D eigenvalue weighted by Gasteiger charge is -2.06. The van der Waals surface area contributed by atoms with Crippen molar-refractivity contribution >= 4 is 34.0 Å². The molecule has 0 unspecified atom stereocenters. The van der Waals surface area contributed by atoms with E-state index in [0.29, 0.717) is 11.4 Å². The molecule has 0 aliphatic rings. The zero-order chi connectivity index (χ0) is 14.7. The van der Waals surface area contributed by atoms with Crippen molar-refractivity contribution in [2.75, 3.05) is 5.32 Å². The average Bonchev–Trinajstić information content (AvgIpc) is 2.49. The molecule has 1 amide bonds. The minimum absolute atomic E-state index is 0.0346. The SMILES string of the molecule is O=C(Cc1ccc2ccccc2c1)Nc1ccc(Cl)cc1. The van der Waals surface area contributed by atoms with E-state index in [9.17, 15) is 4.79 Å². The first-order chi connectivity index (χ1) is 10.2. The van der Waals surface area contributed by atoms with Crippen molar-refractivity contribution in [3.8, 4) is 0 Å². The molecule has 0 saturated carbocycles. The van der Waals surface area contributed by atoms with E-state index in [1.54, 1.807) is 24.3 Å². The van der Waals surface area contributed by atoms with Crippen molar-refractivity contribution in [1.29, 1.82) is 0 Å². The largest absolute Gasteiger partial charge is 0.326 e. The number of rotatable bonds is 3. The summed E-state index contributed by atoms with van der Waals surface area (Å²) in [5, 5.41) is 5.85. The fourth-order valence-corrected chi connectivity index (χ4v) is 2.40. The standard InChI is InChI=1S/C18H14ClNO/c19-16-7-9-17(10-8-16)20-18(21)12-13-5-6-14-3-1-2-4-15(14)11-13/h1-11H,12H2,(H,20,21). The first-order valence-corrected chi connectivity index (χ1v) is 7.11. The van der Waals surface area contributed by atoms with Gasteiger partial charge in [-0.2, -0.15) is 0 Å². The van der Waals surface area contributed by atoms with Crippen molar-refractivity contribution in [3.63, 3.8) is 0 Å². The highest BCUT2D eigenvalue weighted by Gasteiger charge is 2.05. The molecule has 21 heavy (non-hydrogen) atoms. The lowest BCUT2D eigenvalue weighted by atomic mass is 10.0. The van der Waals surface area contributed by atoms with E-state index in [4.69, 9.17) is 11.6 Å². The fraction of sp³-hybridized carbons (Fsp3) is 0.0556. The van der Waals surface area contributed by atoms with Crippen LogP contribution in [0.15, 0.2) is 66.7 Å². The van der Waals surface area contributed by atoms with Crippen LogP contribution >= 0.6 is 11.6 Å². The number of fused-ring (bicyclic) bond motifs is 1. The van der Waals surface area contributed by atoms with Crippen LogP contribution < -0.4 is 5.32 Å². The van der Waals surface area contributed by atoms with Crippen molar-refractivity contribution in [3.05, 3.63) is 77.3 Å². The van der Waals surface area contributed by atoms with Gasteiger partial charge in [-0.1, -0.05) is 54.1 Å². The Kier molecular flexibility index (Phi) is 3.89. The molecule has 0 fully saturated rings. The highest BCUT2D eigenvalue weighted by atomic mass is 35.5. The Morgan fingerprint density at radius 2 is 1.62 bits per heavy atom. The van der Waals surface area contributed by atoms with Crippen molar-refractivity contribution < 1.29 is 4.79 Å². The number of carbonyl (C=O) groups excluding carboxylic acids is 1. The summed E-state index contributed by atoms with van der Waals surface area (Å²) in [4.78, 5) is 12.1. The molecule has 104 valence electrons. The van der Waals surface area contributed by atoms with Gasteiger partial charge in [0, 0.05) is 10.7 Å². The van der Waals surface area contributed by atoms with Gasteiger partial charge in [0.1, 0.15) is 0 Å². The third kappa shape index (κ3) is 3.41. The Bertz CT molecular complexity index is 781. The van der Waals surface area contributed by atoms with Crippen LogP contribution in [0.5, 0.6) is 0 Å². The van der Waals surface area contributed by atoms with Gasteiger partial charge in [-0.05, 0) is 40.6 Å². The molecule has 0 heterocycles. The lowest BCUT2D eigenvalue weighted by molar-refractivity contribution is -0.115. The van der Waals surface area contributed by atoms with Crippen molar-refractivity contribution in [2.45, 2.75) is 6.42 Å². The fourth-order valence-electron chi connectivity index (χ4n) is 2.27. The molecular weight excluding hydrogens is 282 g/mol. The van der Waals surface area contributed by atoms with Crippen LogP contribution in [0.2, 0.25) is 5.02 Å². The van der Waals surface area contributed by atoms with E-state index in [2.05, 4.69) is 23.5 Å². The summed E-state index contributed by atoms with van der Waals surface area (Å²) < 4.78 is 0. The minimum Gasteiger partial charge on any atom is -0.326 e. The number of benzene rings is 3. The first-order valence-electron chi connectivity index (χ1n) is 6.74.